The lowest BCUT2D eigenvalue weighted by Crippen LogP contribution is -2.04. The van der Waals surface area contributed by atoms with Crippen LogP contribution in [0, 0.1) is 0 Å². The molecule has 1 aliphatic carbocycles. The van der Waals surface area contributed by atoms with Crippen molar-refractivity contribution in [2.24, 2.45) is 0 Å². The fourth-order valence-corrected chi connectivity index (χ4v) is 1.77. The zero-order valence-electron chi connectivity index (χ0n) is 8.36. The van der Waals surface area contributed by atoms with Crippen LogP contribution < -0.4 is 0 Å². The molecule has 15 heavy (non-hydrogen) atoms. The number of carbonyl (C=O) groups is 1. The first kappa shape index (κ1) is 9.86. The molecule has 1 aromatic heterocycles. The number of ether oxygens (including phenoxy) is 1. The molecular weight excluding hydrogens is 194 g/mol. The van der Waals surface area contributed by atoms with Crippen molar-refractivity contribution in [2.75, 3.05) is 13.7 Å². The minimum Gasteiger partial charge on any atom is -0.478 e. The van der Waals surface area contributed by atoms with Gasteiger partial charge in [-0.3, -0.25) is 4.98 Å². The number of methoxy groups -OCH3 is 1. The maximum Gasteiger partial charge on any atom is 0.336 e. The Balaban J connectivity index is 2.36. The van der Waals surface area contributed by atoms with Crippen LogP contribution in [0.2, 0.25) is 0 Å². The zero-order chi connectivity index (χ0) is 10.8. The third-order valence-electron chi connectivity index (χ3n) is 2.39. The highest BCUT2D eigenvalue weighted by atomic mass is 16.5. The van der Waals surface area contributed by atoms with Crippen LogP contribution in [0.3, 0.4) is 0 Å². The molecule has 0 saturated heterocycles. The van der Waals surface area contributed by atoms with E-state index in [0.717, 1.165) is 16.8 Å². The SMILES string of the molecule is COCC1=Cc2nccc(C(=O)O)c2C1. The number of nitrogens with zero attached hydrogens (tertiary/aromatic N) is 1. The number of aromatic carboxylic acids is 1. The molecule has 2 rings (SSSR count). The Morgan fingerprint density at radius 3 is 3.13 bits per heavy atom. The third kappa shape index (κ3) is 1.76. The molecule has 4 heteroatoms. The van der Waals surface area contributed by atoms with Gasteiger partial charge in [0.25, 0.3) is 0 Å². The van der Waals surface area contributed by atoms with Crippen LogP contribution >= 0.6 is 0 Å². The van der Waals surface area contributed by atoms with Crippen molar-refractivity contribution in [1.82, 2.24) is 4.98 Å². The molecule has 0 amide bonds. The average molecular weight is 205 g/mol. The average Bonchev–Trinajstić information content (AvgIpc) is 2.59. The van der Waals surface area contributed by atoms with E-state index in [2.05, 4.69) is 4.98 Å². The third-order valence-corrected chi connectivity index (χ3v) is 2.39. The van der Waals surface area contributed by atoms with Crippen molar-refractivity contribution >= 4 is 12.0 Å². The summed E-state index contributed by atoms with van der Waals surface area (Å²) in [5.74, 6) is -0.902. The van der Waals surface area contributed by atoms with Crippen LogP contribution in [0.15, 0.2) is 17.8 Å². The standard InChI is InChI=1S/C11H11NO3/c1-15-6-7-4-9-8(11(13)14)2-3-12-10(9)5-7/h2-3,5H,4,6H2,1H3,(H,13,14). The molecule has 0 atom stereocenters. The quantitative estimate of drug-likeness (QED) is 0.809. The number of carboxylic acid groups (broad SMARTS) is 1. The number of aromatic nitrogens is 1. The fourth-order valence-electron chi connectivity index (χ4n) is 1.77. The van der Waals surface area contributed by atoms with E-state index >= 15 is 0 Å². The van der Waals surface area contributed by atoms with Gasteiger partial charge in [-0.1, -0.05) is 0 Å². The van der Waals surface area contributed by atoms with E-state index in [1.807, 2.05) is 6.08 Å². The summed E-state index contributed by atoms with van der Waals surface area (Å²) in [6.07, 6.45) is 4.04. The van der Waals surface area contributed by atoms with Gasteiger partial charge in [0.05, 0.1) is 17.9 Å². The first-order chi connectivity index (χ1) is 7.22. The Bertz CT molecular complexity index is 437. The second-order valence-electron chi connectivity index (χ2n) is 3.44. The molecule has 0 aliphatic heterocycles. The van der Waals surface area contributed by atoms with Crippen LogP contribution in [0.1, 0.15) is 21.6 Å². The molecular formula is C11H11NO3. The Hall–Kier alpha value is -1.68. The van der Waals surface area contributed by atoms with Crippen molar-refractivity contribution in [1.29, 1.82) is 0 Å². The van der Waals surface area contributed by atoms with E-state index in [4.69, 9.17) is 9.84 Å². The fraction of sp³-hybridized carbons (Fsp3) is 0.273. The lowest BCUT2D eigenvalue weighted by atomic mass is 10.1. The molecule has 0 aromatic carbocycles. The van der Waals surface area contributed by atoms with Crippen molar-refractivity contribution in [3.05, 3.63) is 34.7 Å². The molecule has 0 bridgehead atoms. The molecule has 1 aliphatic rings. The number of pyridine rings is 1. The normalized spacial score (nSPS) is 13.5. The van der Waals surface area contributed by atoms with Gasteiger partial charge in [0.2, 0.25) is 0 Å². The van der Waals surface area contributed by atoms with E-state index in [-0.39, 0.29) is 0 Å². The van der Waals surface area contributed by atoms with Crippen LogP contribution in [-0.4, -0.2) is 29.8 Å². The van der Waals surface area contributed by atoms with E-state index in [0.29, 0.717) is 18.6 Å². The number of rotatable bonds is 3. The Morgan fingerprint density at radius 2 is 2.47 bits per heavy atom. The monoisotopic (exact) mass is 205 g/mol. The molecule has 0 fully saturated rings. The van der Waals surface area contributed by atoms with Gasteiger partial charge in [-0.2, -0.15) is 0 Å². The highest BCUT2D eigenvalue weighted by Crippen LogP contribution is 2.26. The van der Waals surface area contributed by atoms with Crippen LogP contribution in [-0.2, 0) is 11.2 Å². The number of hydrogen-bond donors (Lipinski definition) is 1. The summed E-state index contributed by atoms with van der Waals surface area (Å²) in [4.78, 5) is 15.1. The van der Waals surface area contributed by atoms with Gasteiger partial charge in [0.1, 0.15) is 0 Å². The predicted molar refractivity (Wildman–Crippen MR) is 54.8 cm³/mol. The van der Waals surface area contributed by atoms with Crippen molar-refractivity contribution in [2.45, 2.75) is 6.42 Å². The topological polar surface area (TPSA) is 59.4 Å². The van der Waals surface area contributed by atoms with Gasteiger partial charge in [-0.15, -0.1) is 0 Å². The maximum atomic E-state index is 10.9. The second-order valence-corrected chi connectivity index (χ2v) is 3.44. The lowest BCUT2D eigenvalue weighted by Gasteiger charge is -2.03. The van der Waals surface area contributed by atoms with E-state index in [1.54, 1.807) is 7.11 Å². The molecule has 0 unspecified atom stereocenters. The molecule has 0 spiro atoms. The Labute approximate surface area is 87.2 Å². The van der Waals surface area contributed by atoms with Gasteiger partial charge in [0, 0.05) is 13.3 Å². The summed E-state index contributed by atoms with van der Waals surface area (Å²) in [7, 11) is 1.62. The van der Waals surface area contributed by atoms with Gasteiger partial charge in [-0.25, -0.2) is 4.79 Å². The van der Waals surface area contributed by atoms with Gasteiger partial charge in [-0.05, 0) is 29.7 Å². The molecule has 1 N–H and O–H groups in total. The summed E-state index contributed by atoms with van der Waals surface area (Å²) in [5.41, 5.74) is 2.94. The summed E-state index contributed by atoms with van der Waals surface area (Å²) >= 11 is 0. The molecule has 1 aromatic rings. The Kier molecular flexibility index (Phi) is 2.51. The molecule has 0 radical (unpaired) electrons. The summed E-state index contributed by atoms with van der Waals surface area (Å²) in [6.45, 7) is 0.523. The summed E-state index contributed by atoms with van der Waals surface area (Å²) < 4.78 is 5.01. The predicted octanol–water partition coefficient (Wildman–Crippen LogP) is 1.37. The first-order valence-electron chi connectivity index (χ1n) is 4.62. The number of carboxylic acids is 1. The molecule has 78 valence electrons. The molecule has 1 heterocycles. The largest absolute Gasteiger partial charge is 0.478 e. The van der Waals surface area contributed by atoms with Crippen LogP contribution in [0.5, 0.6) is 0 Å². The van der Waals surface area contributed by atoms with Crippen LogP contribution in [0.4, 0.5) is 0 Å². The number of hydrogen-bond acceptors (Lipinski definition) is 3. The van der Waals surface area contributed by atoms with Crippen molar-refractivity contribution in [3.63, 3.8) is 0 Å². The second kappa shape index (κ2) is 3.82. The lowest BCUT2D eigenvalue weighted by molar-refractivity contribution is 0.0695. The van der Waals surface area contributed by atoms with Crippen molar-refractivity contribution in [3.8, 4) is 0 Å². The smallest absolute Gasteiger partial charge is 0.336 e. The van der Waals surface area contributed by atoms with Crippen LogP contribution in [0.25, 0.3) is 6.08 Å². The number of fused-ring (bicyclic) bond motifs is 1. The van der Waals surface area contributed by atoms with Gasteiger partial charge < -0.3 is 9.84 Å². The Morgan fingerprint density at radius 1 is 1.67 bits per heavy atom. The minimum atomic E-state index is -0.902. The minimum absolute atomic E-state index is 0.336. The summed E-state index contributed by atoms with van der Waals surface area (Å²) in [5, 5.41) is 8.98. The highest BCUT2D eigenvalue weighted by molar-refractivity contribution is 5.91. The van der Waals surface area contributed by atoms with Crippen molar-refractivity contribution < 1.29 is 14.6 Å². The summed E-state index contributed by atoms with van der Waals surface area (Å²) in [6, 6.07) is 1.53. The van der Waals surface area contributed by atoms with E-state index < -0.39 is 5.97 Å². The van der Waals surface area contributed by atoms with Gasteiger partial charge >= 0.3 is 5.97 Å². The first-order valence-corrected chi connectivity index (χ1v) is 4.62. The maximum absolute atomic E-state index is 10.9. The van der Waals surface area contributed by atoms with Gasteiger partial charge in [0.15, 0.2) is 0 Å². The van der Waals surface area contributed by atoms with E-state index in [9.17, 15) is 4.79 Å². The molecule has 0 saturated carbocycles. The highest BCUT2D eigenvalue weighted by Gasteiger charge is 2.20. The zero-order valence-corrected chi connectivity index (χ0v) is 8.36. The van der Waals surface area contributed by atoms with E-state index in [1.165, 1.54) is 12.3 Å². The molecule has 4 nitrogen and oxygen atoms in total.